The number of aryl methyl sites for hydroxylation is 1. The van der Waals surface area contributed by atoms with Gasteiger partial charge in [-0.25, -0.2) is 0 Å². The Kier molecular flexibility index (Phi) is 4.45. The summed E-state index contributed by atoms with van der Waals surface area (Å²) in [4.78, 5) is 1.57. The van der Waals surface area contributed by atoms with Crippen molar-refractivity contribution in [3.63, 3.8) is 0 Å². The molecule has 106 valence electrons. The Balaban J connectivity index is 1.78. The molecule has 0 bridgehead atoms. The van der Waals surface area contributed by atoms with Crippen LogP contribution in [0.5, 0.6) is 0 Å². The molecule has 0 aliphatic heterocycles. The third-order valence-corrected chi connectivity index (χ3v) is 5.38. The van der Waals surface area contributed by atoms with Crippen molar-refractivity contribution in [2.45, 2.75) is 44.7 Å². The van der Waals surface area contributed by atoms with Gasteiger partial charge >= 0.3 is 0 Å². The lowest BCUT2D eigenvalue weighted by Crippen LogP contribution is -2.28. The Bertz CT molecular complexity index is 561. The van der Waals surface area contributed by atoms with E-state index < -0.39 is 0 Å². The number of halogens is 1. The van der Waals surface area contributed by atoms with Crippen LogP contribution >= 0.6 is 22.9 Å². The summed E-state index contributed by atoms with van der Waals surface area (Å²) in [5, 5.41) is 6.88. The van der Waals surface area contributed by atoms with Gasteiger partial charge in [0.1, 0.15) is 0 Å². The molecule has 0 spiro atoms. The summed E-state index contributed by atoms with van der Waals surface area (Å²) in [6, 6.07) is 11.5. The van der Waals surface area contributed by atoms with Crippen LogP contribution in [0.25, 0.3) is 0 Å². The molecule has 0 saturated heterocycles. The first-order chi connectivity index (χ1) is 9.78. The highest BCUT2D eigenvalue weighted by Gasteiger charge is 2.23. The van der Waals surface area contributed by atoms with Gasteiger partial charge in [-0.1, -0.05) is 30.7 Å². The summed E-state index contributed by atoms with van der Waals surface area (Å²) >= 11 is 7.89. The van der Waals surface area contributed by atoms with Gasteiger partial charge in [0.25, 0.3) is 0 Å². The van der Waals surface area contributed by atoms with Crippen LogP contribution in [0.2, 0.25) is 5.02 Å². The average Bonchev–Trinajstić information content (AvgIpc) is 2.95. The zero-order valence-corrected chi connectivity index (χ0v) is 13.3. The zero-order valence-electron chi connectivity index (χ0n) is 11.7. The van der Waals surface area contributed by atoms with Crippen LogP contribution in [-0.4, -0.2) is 0 Å². The molecule has 2 unspecified atom stereocenters. The Hall–Kier alpha value is -0.830. The van der Waals surface area contributed by atoms with Crippen LogP contribution in [0.3, 0.4) is 0 Å². The molecule has 1 nitrogen and oxygen atoms in total. The van der Waals surface area contributed by atoms with Crippen molar-refractivity contribution in [3.8, 4) is 0 Å². The van der Waals surface area contributed by atoms with E-state index in [4.69, 9.17) is 11.6 Å². The van der Waals surface area contributed by atoms with Crippen LogP contribution in [0, 0.1) is 0 Å². The summed E-state index contributed by atoms with van der Waals surface area (Å²) in [6.07, 6.45) is 4.89. The maximum Gasteiger partial charge on any atom is 0.0406 e. The van der Waals surface area contributed by atoms with Crippen molar-refractivity contribution < 1.29 is 0 Å². The highest BCUT2D eigenvalue weighted by molar-refractivity contribution is 7.10. The van der Waals surface area contributed by atoms with Crippen molar-refractivity contribution in [1.29, 1.82) is 0 Å². The van der Waals surface area contributed by atoms with E-state index >= 15 is 0 Å². The van der Waals surface area contributed by atoms with E-state index in [9.17, 15) is 0 Å². The van der Waals surface area contributed by atoms with Gasteiger partial charge in [-0.2, -0.15) is 0 Å². The van der Waals surface area contributed by atoms with Gasteiger partial charge in [0.05, 0.1) is 0 Å². The third-order valence-electron chi connectivity index (χ3n) is 4.13. The molecule has 2 aromatic rings. The van der Waals surface area contributed by atoms with Crippen LogP contribution in [0.1, 0.15) is 54.3 Å². The van der Waals surface area contributed by atoms with Gasteiger partial charge in [0, 0.05) is 22.0 Å². The van der Waals surface area contributed by atoms with Gasteiger partial charge in [-0.15, -0.1) is 11.3 Å². The molecule has 20 heavy (non-hydrogen) atoms. The minimum atomic E-state index is 0.406. The van der Waals surface area contributed by atoms with Crippen molar-refractivity contribution >= 4 is 22.9 Å². The molecule has 3 rings (SSSR count). The lowest BCUT2D eigenvalue weighted by atomic mass is 9.92. The Morgan fingerprint density at radius 1 is 1.30 bits per heavy atom. The topological polar surface area (TPSA) is 12.0 Å². The first-order valence-electron chi connectivity index (χ1n) is 7.35. The number of hydrogen-bond acceptors (Lipinski definition) is 2. The lowest BCUT2D eigenvalue weighted by Gasteiger charge is -2.29. The monoisotopic (exact) mass is 305 g/mol. The predicted octanol–water partition coefficient (Wildman–Crippen LogP) is 5.52. The molecular formula is C17H20ClNS. The van der Waals surface area contributed by atoms with Crippen molar-refractivity contribution in [2.75, 3.05) is 0 Å². The third kappa shape index (κ3) is 2.93. The number of nitrogens with one attached hydrogen (secondary N) is 1. The first-order valence-corrected chi connectivity index (χ1v) is 8.61. The highest BCUT2D eigenvalue weighted by atomic mass is 35.5. The van der Waals surface area contributed by atoms with E-state index in [-0.39, 0.29) is 0 Å². The molecule has 1 N–H and O–H groups in total. The maximum absolute atomic E-state index is 5.98. The van der Waals surface area contributed by atoms with E-state index in [0.29, 0.717) is 12.1 Å². The molecule has 0 fully saturated rings. The van der Waals surface area contributed by atoms with E-state index in [0.717, 1.165) is 11.4 Å². The van der Waals surface area contributed by atoms with Gasteiger partial charge in [0.15, 0.2) is 0 Å². The van der Waals surface area contributed by atoms with Gasteiger partial charge in [0.2, 0.25) is 0 Å². The van der Waals surface area contributed by atoms with E-state index in [2.05, 4.69) is 35.8 Å². The summed E-state index contributed by atoms with van der Waals surface area (Å²) in [6.45, 7) is 2.24. The van der Waals surface area contributed by atoms with Crippen molar-refractivity contribution in [1.82, 2.24) is 5.32 Å². The summed E-state index contributed by atoms with van der Waals surface area (Å²) in [7, 11) is 0. The Morgan fingerprint density at radius 2 is 2.10 bits per heavy atom. The maximum atomic E-state index is 5.98. The highest BCUT2D eigenvalue weighted by Crippen LogP contribution is 2.35. The smallest absolute Gasteiger partial charge is 0.0406 e. The summed E-state index contributed by atoms with van der Waals surface area (Å²) < 4.78 is 0. The van der Waals surface area contributed by atoms with Crippen molar-refractivity contribution in [2.24, 2.45) is 0 Å². The summed E-state index contributed by atoms with van der Waals surface area (Å²) in [5.74, 6) is 0. The fourth-order valence-corrected chi connectivity index (χ4v) is 4.16. The number of thiophene rings is 1. The van der Waals surface area contributed by atoms with E-state index in [1.807, 2.05) is 23.5 Å². The van der Waals surface area contributed by atoms with E-state index in [1.54, 1.807) is 4.88 Å². The molecule has 1 aromatic carbocycles. The Labute approximate surface area is 130 Å². The van der Waals surface area contributed by atoms with Crippen LogP contribution in [0.4, 0.5) is 0 Å². The van der Waals surface area contributed by atoms with Crippen LogP contribution in [-0.2, 0) is 6.42 Å². The van der Waals surface area contributed by atoms with Gasteiger partial charge in [-0.05, 0) is 60.4 Å². The molecule has 1 aliphatic rings. The fourth-order valence-electron chi connectivity index (χ4n) is 3.05. The molecule has 0 amide bonds. The largest absolute Gasteiger partial charge is 0.303 e. The molecule has 1 aromatic heterocycles. The molecule has 3 heteroatoms. The quantitative estimate of drug-likeness (QED) is 0.784. The second-order valence-electron chi connectivity index (χ2n) is 5.42. The number of rotatable bonds is 4. The number of hydrogen-bond donors (Lipinski definition) is 1. The second-order valence-corrected chi connectivity index (χ2v) is 6.86. The number of fused-ring (bicyclic) bond motifs is 1. The average molecular weight is 306 g/mol. The standard InChI is InChI=1S/C17H20ClNS/c1-2-15(12-6-8-13(18)9-7-12)19-16-4-3-5-17-14(16)10-11-20-17/h6-11,15-16,19H,2-5H2,1H3. The normalized spacial score (nSPS) is 19.6. The van der Waals surface area contributed by atoms with Crippen LogP contribution in [0.15, 0.2) is 35.7 Å². The molecular weight excluding hydrogens is 286 g/mol. The second kappa shape index (κ2) is 6.30. The molecule has 0 saturated carbocycles. The minimum absolute atomic E-state index is 0.406. The fraction of sp³-hybridized carbons (Fsp3) is 0.412. The lowest BCUT2D eigenvalue weighted by molar-refractivity contribution is 0.395. The predicted molar refractivity (Wildman–Crippen MR) is 87.6 cm³/mol. The molecule has 1 aliphatic carbocycles. The Morgan fingerprint density at radius 3 is 2.85 bits per heavy atom. The van der Waals surface area contributed by atoms with E-state index in [1.165, 1.54) is 30.4 Å². The number of benzene rings is 1. The van der Waals surface area contributed by atoms with Gasteiger partial charge < -0.3 is 5.32 Å². The summed E-state index contributed by atoms with van der Waals surface area (Å²) in [5.41, 5.74) is 2.85. The molecule has 0 radical (unpaired) electrons. The SMILES string of the molecule is CCC(NC1CCCc2sccc21)c1ccc(Cl)cc1. The zero-order chi connectivity index (χ0) is 13.9. The molecule has 2 atom stereocenters. The first kappa shape index (κ1) is 14.1. The minimum Gasteiger partial charge on any atom is -0.303 e. The van der Waals surface area contributed by atoms with Gasteiger partial charge in [-0.3, -0.25) is 0 Å². The van der Waals surface area contributed by atoms with Crippen molar-refractivity contribution in [3.05, 3.63) is 56.7 Å². The molecule has 1 heterocycles. The van der Waals surface area contributed by atoms with Crippen LogP contribution < -0.4 is 5.32 Å².